The van der Waals surface area contributed by atoms with Gasteiger partial charge < -0.3 is 9.88 Å². The number of carbonyl (C=O) groups is 2. The Balaban J connectivity index is 1.32. The summed E-state index contributed by atoms with van der Waals surface area (Å²) in [5, 5.41) is 4.23. The number of likely N-dealkylation sites (N-methyl/N-ethyl adjacent to an activating group) is 1. The monoisotopic (exact) mass is 468 g/mol. The molecule has 1 fully saturated rings. The van der Waals surface area contributed by atoms with E-state index < -0.39 is 5.41 Å². The molecule has 2 aliphatic heterocycles. The van der Waals surface area contributed by atoms with Crippen molar-refractivity contribution in [3.63, 3.8) is 0 Å². The molecule has 4 aromatic rings. The third-order valence-electron chi connectivity index (χ3n) is 7.66. The summed E-state index contributed by atoms with van der Waals surface area (Å²) >= 11 is 0. The maximum absolute atomic E-state index is 14.3. The Morgan fingerprint density at radius 3 is 2.71 bits per heavy atom. The van der Waals surface area contributed by atoms with Crippen molar-refractivity contribution < 1.29 is 14.0 Å². The molecule has 3 heterocycles. The Kier molecular flexibility index (Phi) is 4.61. The number of piperidine rings is 1. The number of anilines is 1. The smallest absolute Gasteiger partial charge is 0.235 e. The van der Waals surface area contributed by atoms with Crippen LogP contribution in [0.1, 0.15) is 42.0 Å². The van der Waals surface area contributed by atoms with Crippen LogP contribution in [0.2, 0.25) is 0 Å². The fraction of sp³-hybridized carbons (Fsp3) is 0.250. The number of rotatable bonds is 3. The summed E-state index contributed by atoms with van der Waals surface area (Å²) in [6.07, 6.45) is 2.08. The highest BCUT2D eigenvalue weighted by Crippen LogP contribution is 2.57. The second-order valence-electron chi connectivity index (χ2n) is 9.90. The van der Waals surface area contributed by atoms with Gasteiger partial charge in [-0.1, -0.05) is 48.0 Å². The van der Waals surface area contributed by atoms with Crippen LogP contribution in [0.5, 0.6) is 0 Å². The van der Waals surface area contributed by atoms with Crippen LogP contribution in [0.25, 0.3) is 22.0 Å². The number of imidazole rings is 1. The first-order chi connectivity index (χ1) is 16.8. The van der Waals surface area contributed by atoms with E-state index in [2.05, 4.69) is 21.4 Å². The quantitative estimate of drug-likeness (QED) is 0.427. The minimum Gasteiger partial charge on any atom is -0.337 e. The number of hydrogen-bond donors (Lipinski definition) is 2. The van der Waals surface area contributed by atoms with Crippen LogP contribution < -0.4 is 5.32 Å². The average Bonchev–Trinajstić information content (AvgIpc) is 3.30. The van der Waals surface area contributed by atoms with Crippen molar-refractivity contribution in [2.45, 2.75) is 32.2 Å². The van der Waals surface area contributed by atoms with Crippen molar-refractivity contribution in [1.29, 1.82) is 0 Å². The molecule has 1 aromatic heterocycles. The van der Waals surface area contributed by atoms with Gasteiger partial charge in [-0.15, -0.1) is 0 Å². The van der Waals surface area contributed by atoms with E-state index in [9.17, 15) is 14.0 Å². The molecule has 7 heteroatoms. The van der Waals surface area contributed by atoms with Crippen LogP contribution in [-0.2, 0) is 9.59 Å². The zero-order valence-electron chi connectivity index (χ0n) is 19.7. The number of H-pyrrole nitrogens is 1. The number of aromatic amines is 1. The Bertz CT molecular complexity index is 1530. The van der Waals surface area contributed by atoms with Gasteiger partial charge in [-0.2, -0.15) is 0 Å². The maximum Gasteiger partial charge on any atom is 0.235 e. The van der Waals surface area contributed by atoms with E-state index in [1.54, 1.807) is 36.3 Å². The third kappa shape index (κ3) is 3.11. The molecule has 3 atom stereocenters. The molecule has 1 saturated heterocycles. The number of benzene rings is 3. The Labute approximate surface area is 202 Å². The predicted molar refractivity (Wildman–Crippen MR) is 132 cm³/mol. The van der Waals surface area contributed by atoms with Crippen molar-refractivity contribution in [2.24, 2.45) is 5.41 Å². The van der Waals surface area contributed by atoms with E-state index in [4.69, 9.17) is 0 Å². The molecule has 2 N–H and O–H groups in total. The normalized spacial score (nSPS) is 23.0. The third-order valence-corrected chi connectivity index (χ3v) is 7.66. The molecule has 1 aliphatic carbocycles. The van der Waals surface area contributed by atoms with Crippen molar-refractivity contribution in [1.82, 2.24) is 14.9 Å². The van der Waals surface area contributed by atoms with Crippen molar-refractivity contribution in [3.8, 4) is 11.3 Å². The highest BCUT2D eigenvalue weighted by atomic mass is 19.1. The number of nitrogens with zero attached hydrogens (tertiary/aromatic N) is 2. The van der Waals surface area contributed by atoms with Gasteiger partial charge in [-0.25, -0.2) is 9.37 Å². The summed E-state index contributed by atoms with van der Waals surface area (Å²) in [7, 11) is 1.78. The van der Waals surface area contributed by atoms with Gasteiger partial charge in [0.2, 0.25) is 17.8 Å². The number of aryl methyl sites for hydroxylation is 1. The van der Waals surface area contributed by atoms with Crippen molar-refractivity contribution >= 4 is 28.5 Å². The second kappa shape index (κ2) is 7.50. The standard InChI is InChI=1S/C28H25FN4O2/c1-15-8-9-19-20(12-15)21-13-28(2,24(19)33(3)25(21)34)26(35)32-27-30-14-23(31-27)18-10-11-22(29)17-7-5-4-6-16(17)18/h4-12,14,21,24H,13H2,1-3H3,(H2,30,31,32,35). The van der Waals surface area contributed by atoms with Gasteiger partial charge in [0.15, 0.2) is 0 Å². The fourth-order valence-electron chi connectivity index (χ4n) is 5.95. The lowest BCUT2D eigenvalue weighted by Crippen LogP contribution is -2.57. The van der Waals surface area contributed by atoms with E-state index in [-0.39, 0.29) is 29.6 Å². The van der Waals surface area contributed by atoms with E-state index in [1.165, 1.54) is 6.07 Å². The van der Waals surface area contributed by atoms with Gasteiger partial charge in [0.05, 0.1) is 29.3 Å². The lowest BCUT2D eigenvalue weighted by Gasteiger charge is -2.53. The molecular formula is C28H25FN4O2. The molecular weight excluding hydrogens is 443 g/mol. The Hall–Kier alpha value is -4.00. The molecule has 176 valence electrons. The molecule has 0 saturated carbocycles. The lowest BCUT2D eigenvalue weighted by atomic mass is 9.60. The average molecular weight is 469 g/mol. The highest BCUT2D eigenvalue weighted by molar-refractivity contribution is 6.00. The molecule has 0 radical (unpaired) electrons. The Morgan fingerprint density at radius 2 is 1.91 bits per heavy atom. The summed E-state index contributed by atoms with van der Waals surface area (Å²) in [6, 6.07) is 16.2. The summed E-state index contributed by atoms with van der Waals surface area (Å²) in [5.41, 5.74) is 3.84. The van der Waals surface area contributed by atoms with Gasteiger partial charge in [0.1, 0.15) is 5.82 Å². The molecule has 3 aliphatic rings. The molecule has 35 heavy (non-hydrogen) atoms. The van der Waals surface area contributed by atoms with E-state index >= 15 is 0 Å². The number of carbonyl (C=O) groups excluding carboxylic acids is 2. The molecule has 7 rings (SSSR count). The van der Waals surface area contributed by atoms with Crippen molar-refractivity contribution in [3.05, 3.63) is 83.3 Å². The predicted octanol–water partition coefficient (Wildman–Crippen LogP) is 5.32. The minimum atomic E-state index is -0.814. The van der Waals surface area contributed by atoms with Crippen LogP contribution in [0.3, 0.4) is 0 Å². The van der Waals surface area contributed by atoms with Crippen LogP contribution >= 0.6 is 0 Å². The van der Waals surface area contributed by atoms with Crippen LogP contribution in [0.15, 0.2) is 60.8 Å². The zero-order chi connectivity index (χ0) is 24.5. The van der Waals surface area contributed by atoms with Gasteiger partial charge in [-0.3, -0.25) is 14.9 Å². The molecule has 0 spiro atoms. The number of aromatic nitrogens is 2. The molecule has 3 aromatic carbocycles. The summed E-state index contributed by atoms with van der Waals surface area (Å²) < 4.78 is 14.3. The largest absolute Gasteiger partial charge is 0.337 e. The number of hydrogen-bond acceptors (Lipinski definition) is 3. The number of fused-ring (bicyclic) bond motifs is 3. The number of nitrogens with one attached hydrogen (secondary N) is 2. The summed E-state index contributed by atoms with van der Waals surface area (Å²) in [4.78, 5) is 35.9. The zero-order valence-corrected chi connectivity index (χ0v) is 19.7. The first-order valence-electron chi connectivity index (χ1n) is 11.7. The van der Waals surface area contributed by atoms with Gasteiger partial charge in [0.25, 0.3) is 0 Å². The molecule has 6 nitrogen and oxygen atoms in total. The number of amides is 2. The maximum atomic E-state index is 14.3. The fourth-order valence-corrected chi connectivity index (χ4v) is 5.95. The van der Waals surface area contributed by atoms with Crippen LogP contribution in [0, 0.1) is 18.2 Å². The lowest BCUT2D eigenvalue weighted by molar-refractivity contribution is -0.151. The highest BCUT2D eigenvalue weighted by Gasteiger charge is 2.57. The number of halogens is 1. The minimum absolute atomic E-state index is 0.0573. The first-order valence-corrected chi connectivity index (χ1v) is 11.7. The van der Waals surface area contributed by atoms with E-state index in [0.29, 0.717) is 23.4 Å². The van der Waals surface area contributed by atoms with Crippen molar-refractivity contribution in [2.75, 3.05) is 12.4 Å². The Morgan fingerprint density at radius 1 is 1.14 bits per heavy atom. The van der Waals surface area contributed by atoms with Gasteiger partial charge in [0, 0.05) is 18.0 Å². The molecule has 2 amide bonds. The van der Waals surface area contributed by atoms with Gasteiger partial charge >= 0.3 is 0 Å². The van der Waals surface area contributed by atoms with Crippen LogP contribution in [-0.4, -0.2) is 33.7 Å². The topological polar surface area (TPSA) is 78.1 Å². The summed E-state index contributed by atoms with van der Waals surface area (Å²) in [6.45, 7) is 3.94. The first kappa shape index (κ1) is 21.5. The van der Waals surface area contributed by atoms with E-state index in [1.807, 2.05) is 38.1 Å². The summed E-state index contributed by atoms with van der Waals surface area (Å²) in [5.74, 6) is -0.441. The molecule has 2 bridgehead atoms. The molecule has 3 unspecified atom stereocenters. The van der Waals surface area contributed by atoms with Gasteiger partial charge in [-0.05, 0) is 48.9 Å². The second-order valence-corrected chi connectivity index (χ2v) is 9.90. The SMILES string of the molecule is Cc1ccc2c(c1)C1CC(C)(C(=O)Nc3ncc(-c4ccc(F)c5ccccc45)[nH]3)C2N(C)C1=O. The van der Waals surface area contributed by atoms with Crippen LogP contribution in [0.4, 0.5) is 10.3 Å². The van der Waals surface area contributed by atoms with E-state index in [0.717, 1.165) is 27.6 Å².